The van der Waals surface area contributed by atoms with Gasteiger partial charge in [0.05, 0.1) is 16.9 Å². The molecule has 0 spiro atoms. The number of carbonyl (C=O) groups is 2. The maximum Gasteiger partial charge on any atom is 0.573 e. The second kappa shape index (κ2) is 15.5. The Bertz CT molecular complexity index is 2670. The Hall–Kier alpha value is -6.88. The van der Waals surface area contributed by atoms with Gasteiger partial charge in [0.1, 0.15) is 33.8 Å². The summed E-state index contributed by atoms with van der Waals surface area (Å²) in [6.45, 7) is 1.77. The van der Waals surface area contributed by atoms with Gasteiger partial charge in [-0.05, 0) is 95.4 Å². The normalized spacial score (nSPS) is 18.2. The first-order chi connectivity index (χ1) is 29.1. The van der Waals surface area contributed by atoms with Crippen molar-refractivity contribution in [1.29, 1.82) is 0 Å². The number of ether oxygens (including phenoxy) is 2. The average Bonchev–Trinajstić information content (AvgIpc) is 3.67. The number of halogens is 10. The van der Waals surface area contributed by atoms with Gasteiger partial charge in [-0.3, -0.25) is 9.59 Å². The van der Waals surface area contributed by atoms with Crippen LogP contribution in [0.1, 0.15) is 44.5 Å². The van der Waals surface area contributed by atoms with E-state index in [9.17, 15) is 59.3 Å². The zero-order valence-corrected chi connectivity index (χ0v) is 32.2. The van der Waals surface area contributed by atoms with Crippen LogP contribution in [0, 0.1) is 6.92 Å². The molecule has 2 aliphatic rings. The molecule has 2 heterocycles. The second-order valence-corrected chi connectivity index (χ2v) is 14.4. The number of anilines is 2. The van der Waals surface area contributed by atoms with Crippen molar-refractivity contribution in [2.75, 3.05) is 10.6 Å². The molecule has 0 radical (unpaired) electrons. The van der Waals surface area contributed by atoms with E-state index in [1.54, 1.807) is 31.2 Å². The third-order valence-corrected chi connectivity index (χ3v) is 10.8. The summed E-state index contributed by atoms with van der Waals surface area (Å²) in [5.41, 5.74) is -1.48. The highest BCUT2D eigenvalue weighted by Gasteiger charge is 2.53. The molecule has 6 aromatic rings. The maximum atomic E-state index is 13.6. The van der Waals surface area contributed by atoms with E-state index in [2.05, 4.69) is 20.1 Å². The quantitative estimate of drug-likeness (QED) is 0.124. The van der Waals surface area contributed by atoms with Crippen molar-refractivity contribution in [3.05, 3.63) is 177 Å². The van der Waals surface area contributed by atoms with Gasteiger partial charge in [-0.15, -0.1) is 26.3 Å². The number of nitrogens with one attached hydrogen (secondary N) is 2. The largest absolute Gasteiger partial charge is 0.573 e. The van der Waals surface area contributed by atoms with Gasteiger partial charge in [-0.2, -0.15) is 13.2 Å². The van der Waals surface area contributed by atoms with E-state index in [0.717, 1.165) is 24.3 Å². The molecule has 4 N–H and O–H groups in total. The Kier molecular flexibility index (Phi) is 10.8. The van der Waals surface area contributed by atoms with E-state index in [1.165, 1.54) is 78.9 Å². The van der Waals surface area contributed by atoms with Crippen LogP contribution < -0.4 is 20.1 Å². The minimum absolute atomic E-state index is 0.0208. The minimum Gasteiger partial charge on any atom is -0.508 e. The fraction of sp³-hybridized carbons (Fsp3) is 0.136. The second-order valence-electron chi connectivity index (χ2n) is 14.0. The van der Waals surface area contributed by atoms with Crippen molar-refractivity contribution in [2.45, 2.75) is 36.7 Å². The maximum absolute atomic E-state index is 13.6. The monoisotopic (exact) mass is 886 g/mol. The van der Waals surface area contributed by atoms with Gasteiger partial charge >= 0.3 is 18.9 Å². The molecule has 2 amide bonds. The molecule has 0 bridgehead atoms. The number of fused-ring (bicyclic) bond motifs is 2. The molecule has 0 saturated carbocycles. The van der Waals surface area contributed by atoms with E-state index in [0.29, 0.717) is 33.0 Å². The van der Waals surface area contributed by atoms with Gasteiger partial charge in [-0.1, -0.05) is 78.3 Å². The van der Waals surface area contributed by atoms with Gasteiger partial charge in [0.25, 0.3) is 0 Å². The zero-order valence-electron chi connectivity index (χ0n) is 31.4. The summed E-state index contributed by atoms with van der Waals surface area (Å²) in [7, 11) is 0. The van der Waals surface area contributed by atoms with Crippen LogP contribution in [0.5, 0.6) is 23.0 Å². The predicted molar refractivity (Wildman–Crippen MR) is 207 cm³/mol. The van der Waals surface area contributed by atoms with Crippen LogP contribution in [0.15, 0.2) is 127 Å². The van der Waals surface area contributed by atoms with Crippen molar-refractivity contribution in [3.8, 4) is 23.0 Å². The van der Waals surface area contributed by atoms with Crippen LogP contribution in [0.25, 0.3) is 0 Å². The van der Waals surface area contributed by atoms with Crippen LogP contribution >= 0.6 is 11.6 Å². The lowest BCUT2D eigenvalue weighted by Gasteiger charge is -2.29. The van der Waals surface area contributed by atoms with Gasteiger partial charge in [0, 0.05) is 16.1 Å². The zero-order chi connectivity index (χ0) is 45.0. The highest BCUT2D eigenvalue weighted by molar-refractivity contribution is 6.32. The van der Waals surface area contributed by atoms with E-state index in [1.807, 2.05) is 0 Å². The smallest absolute Gasteiger partial charge is 0.508 e. The molecule has 18 heteroatoms. The number of amides is 2. The number of benzene rings is 6. The molecular weight excluding hydrogens is 859 g/mol. The lowest BCUT2D eigenvalue weighted by Crippen LogP contribution is -2.37. The average molecular weight is 887 g/mol. The van der Waals surface area contributed by atoms with E-state index < -0.39 is 58.4 Å². The summed E-state index contributed by atoms with van der Waals surface area (Å²) in [6, 6.07) is 27.6. The summed E-state index contributed by atoms with van der Waals surface area (Å²) < 4.78 is 124. The standard InChI is InChI=1S/C22H15ClF3NO3.C22H13F6NO3/c1-12-18(23)11-10-17-19(12)27-20(29)21(17,13-2-6-15(28)7-3-13)14-4-8-16(9-5-14)30-22(24,25)26;23-21(24,25)17-3-1-2-16-18(17)29-19(31)20(16,12-4-8-14(30)9-5-12)13-6-10-15(11-7-13)32-22(26,27)28/h2-11,28H,1H3,(H,27,29);1-11,30H,(H,29,31)/t21-;20-/m11/s1. The lowest BCUT2D eigenvalue weighted by molar-refractivity contribution is -0.275. The molecule has 320 valence electrons. The van der Waals surface area contributed by atoms with Crippen molar-refractivity contribution in [2.24, 2.45) is 0 Å². The number of carbonyl (C=O) groups excluding carboxylic acids is 2. The number of phenols is 2. The van der Waals surface area contributed by atoms with Gasteiger partial charge in [0.2, 0.25) is 11.8 Å². The number of aromatic hydroxyl groups is 2. The molecule has 8 rings (SSSR count). The summed E-state index contributed by atoms with van der Waals surface area (Å²) in [5.74, 6) is -2.26. The van der Waals surface area contributed by atoms with Gasteiger partial charge in [0.15, 0.2) is 0 Å². The molecule has 2 atom stereocenters. The molecule has 0 saturated heterocycles. The first kappa shape index (κ1) is 43.2. The third-order valence-electron chi connectivity index (χ3n) is 10.4. The lowest BCUT2D eigenvalue weighted by atomic mass is 9.70. The van der Waals surface area contributed by atoms with Gasteiger partial charge < -0.3 is 30.3 Å². The van der Waals surface area contributed by atoms with E-state index in [4.69, 9.17) is 11.6 Å². The van der Waals surface area contributed by atoms with E-state index in [-0.39, 0.29) is 34.1 Å². The van der Waals surface area contributed by atoms with Crippen LogP contribution in [-0.2, 0) is 26.6 Å². The summed E-state index contributed by atoms with van der Waals surface area (Å²) in [6.07, 6.45) is -14.5. The molecule has 62 heavy (non-hydrogen) atoms. The third kappa shape index (κ3) is 7.79. The molecule has 8 nitrogen and oxygen atoms in total. The Morgan fingerprint density at radius 2 is 0.887 bits per heavy atom. The highest BCUT2D eigenvalue weighted by Crippen LogP contribution is 2.53. The molecule has 0 aromatic heterocycles. The molecule has 0 fully saturated rings. The number of hydrogen-bond donors (Lipinski definition) is 4. The number of phenolic OH excluding ortho intramolecular Hbond substituents is 2. The summed E-state index contributed by atoms with van der Waals surface area (Å²) in [5, 5.41) is 25.0. The minimum atomic E-state index is -4.94. The Labute approximate surface area is 350 Å². The molecule has 0 aliphatic carbocycles. The molecular formula is C44H28ClF9N2O6. The first-order valence-electron chi connectivity index (χ1n) is 18.0. The van der Waals surface area contributed by atoms with Crippen LogP contribution in [0.4, 0.5) is 50.9 Å². The Morgan fingerprint density at radius 3 is 1.27 bits per heavy atom. The van der Waals surface area contributed by atoms with Gasteiger partial charge in [-0.25, -0.2) is 0 Å². The number of alkyl halides is 9. The Morgan fingerprint density at radius 1 is 0.516 bits per heavy atom. The molecule has 2 aliphatic heterocycles. The number of rotatable bonds is 6. The predicted octanol–water partition coefficient (Wildman–Crippen LogP) is 11.1. The highest BCUT2D eigenvalue weighted by atomic mass is 35.5. The van der Waals surface area contributed by atoms with Crippen molar-refractivity contribution >= 4 is 34.8 Å². The fourth-order valence-corrected chi connectivity index (χ4v) is 7.93. The van der Waals surface area contributed by atoms with E-state index >= 15 is 0 Å². The first-order valence-corrected chi connectivity index (χ1v) is 18.4. The number of hydrogen-bond acceptors (Lipinski definition) is 6. The fourth-order valence-electron chi connectivity index (χ4n) is 7.77. The van der Waals surface area contributed by atoms with Crippen molar-refractivity contribution < 1.29 is 68.8 Å². The summed E-state index contributed by atoms with van der Waals surface area (Å²) in [4.78, 5) is 26.7. The summed E-state index contributed by atoms with van der Waals surface area (Å²) >= 11 is 6.22. The number of para-hydroxylation sites is 1. The molecule has 0 unspecified atom stereocenters. The topological polar surface area (TPSA) is 117 Å². The SMILES string of the molecule is Cc1c(Cl)ccc2c1NC(=O)[C@]2(c1ccc(O)cc1)c1ccc(OC(F)(F)F)cc1.O=C1Nc2c(C(F)(F)F)cccc2[C@@]1(c1ccc(O)cc1)c1ccc(OC(F)(F)F)cc1. The van der Waals surface area contributed by atoms with Crippen LogP contribution in [0.2, 0.25) is 5.02 Å². The van der Waals surface area contributed by atoms with Crippen LogP contribution in [-0.4, -0.2) is 34.8 Å². The molecule has 6 aromatic carbocycles. The van der Waals surface area contributed by atoms with Crippen LogP contribution in [0.3, 0.4) is 0 Å². The Balaban J connectivity index is 0.000000187. The van der Waals surface area contributed by atoms with Crippen molar-refractivity contribution in [1.82, 2.24) is 0 Å². The van der Waals surface area contributed by atoms with Crippen molar-refractivity contribution in [3.63, 3.8) is 0 Å².